The molecule has 1 fully saturated rings. The van der Waals surface area contributed by atoms with E-state index in [1.807, 2.05) is 30.5 Å². The average Bonchev–Trinajstić information content (AvgIpc) is 3.14. The van der Waals surface area contributed by atoms with Crippen molar-refractivity contribution in [3.05, 3.63) is 60.2 Å². The van der Waals surface area contributed by atoms with Gasteiger partial charge in [-0.1, -0.05) is 18.9 Å². The maximum absolute atomic E-state index is 11.8. The van der Waals surface area contributed by atoms with Gasteiger partial charge in [-0.15, -0.1) is 11.8 Å². The van der Waals surface area contributed by atoms with E-state index >= 15 is 0 Å². The number of aromatic nitrogens is 1. The smallest absolute Gasteiger partial charge is 0.230 e. The first-order chi connectivity index (χ1) is 14.8. The van der Waals surface area contributed by atoms with Crippen molar-refractivity contribution in [3.63, 3.8) is 0 Å². The largest absolute Gasteiger partial charge is 0.473 e. The van der Waals surface area contributed by atoms with Crippen LogP contribution in [0.15, 0.2) is 53.5 Å². The molecule has 2 aromatic heterocycles. The number of hydrogen-bond donors (Lipinski definition) is 1. The van der Waals surface area contributed by atoms with Gasteiger partial charge in [0.25, 0.3) is 0 Å². The molecular formula is C23H31N3O3S. The highest BCUT2D eigenvalue weighted by molar-refractivity contribution is 7.99. The Morgan fingerprint density at radius 2 is 2.07 bits per heavy atom. The molecule has 1 N–H and O–H groups in total. The molecule has 0 atom stereocenters. The minimum absolute atomic E-state index is 0.0249. The van der Waals surface area contributed by atoms with E-state index in [0.29, 0.717) is 24.8 Å². The van der Waals surface area contributed by atoms with Gasteiger partial charge >= 0.3 is 0 Å². The summed E-state index contributed by atoms with van der Waals surface area (Å²) in [5.74, 6) is 1.88. The summed E-state index contributed by atoms with van der Waals surface area (Å²) in [7, 11) is 0. The van der Waals surface area contributed by atoms with Gasteiger partial charge in [0.05, 0.1) is 18.3 Å². The third-order valence-corrected chi connectivity index (χ3v) is 5.90. The number of carbonyl (C=O) groups is 1. The SMILES string of the molecule is O=C(CSCc1ccoc1)NC/C=C/COc1cc(CN2CCCCCC2)ccn1. The second kappa shape index (κ2) is 13.1. The summed E-state index contributed by atoms with van der Waals surface area (Å²) >= 11 is 1.57. The summed E-state index contributed by atoms with van der Waals surface area (Å²) in [6.45, 7) is 4.24. The van der Waals surface area contributed by atoms with Gasteiger partial charge in [0.15, 0.2) is 0 Å². The molecule has 0 spiro atoms. The lowest BCUT2D eigenvalue weighted by atomic mass is 10.2. The Labute approximate surface area is 183 Å². The van der Waals surface area contributed by atoms with E-state index in [9.17, 15) is 4.79 Å². The molecule has 0 radical (unpaired) electrons. The third kappa shape index (κ3) is 8.63. The molecular weight excluding hydrogens is 398 g/mol. The Balaban J connectivity index is 1.28. The van der Waals surface area contributed by atoms with Gasteiger partial charge in [-0.25, -0.2) is 4.98 Å². The van der Waals surface area contributed by atoms with Crippen molar-refractivity contribution in [1.82, 2.24) is 15.2 Å². The zero-order valence-electron chi connectivity index (χ0n) is 17.4. The fourth-order valence-electron chi connectivity index (χ4n) is 3.33. The lowest BCUT2D eigenvalue weighted by Gasteiger charge is -2.19. The maximum Gasteiger partial charge on any atom is 0.230 e. The van der Waals surface area contributed by atoms with Gasteiger partial charge < -0.3 is 14.5 Å². The standard InChI is InChI=1S/C23H31N3O3S/c27-22(19-30-18-21-8-14-28-17-21)24-9-3-6-13-29-23-15-20(7-10-25-23)16-26-11-4-1-2-5-12-26/h3,6-8,10,14-15,17H,1-2,4-5,9,11-13,16,18-19H2,(H,24,27)/b6-3+. The van der Waals surface area contributed by atoms with Crippen LogP contribution < -0.4 is 10.1 Å². The molecule has 1 saturated heterocycles. The molecule has 7 heteroatoms. The molecule has 2 aromatic rings. The maximum atomic E-state index is 11.8. The number of rotatable bonds is 11. The van der Waals surface area contributed by atoms with Crippen molar-refractivity contribution in [1.29, 1.82) is 0 Å². The molecule has 0 aliphatic carbocycles. The van der Waals surface area contributed by atoms with E-state index in [0.717, 1.165) is 17.9 Å². The lowest BCUT2D eigenvalue weighted by molar-refractivity contribution is -0.118. The first kappa shape index (κ1) is 22.4. The number of nitrogens with one attached hydrogen (secondary N) is 1. The molecule has 0 aromatic carbocycles. The molecule has 0 unspecified atom stereocenters. The van der Waals surface area contributed by atoms with Crippen LogP contribution in [-0.2, 0) is 17.1 Å². The normalized spacial score (nSPS) is 15.2. The predicted molar refractivity (Wildman–Crippen MR) is 120 cm³/mol. The molecule has 0 saturated carbocycles. The third-order valence-electron chi connectivity index (χ3n) is 4.90. The van der Waals surface area contributed by atoms with Crippen LogP contribution in [0.25, 0.3) is 0 Å². The Morgan fingerprint density at radius 1 is 1.20 bits per heavy atom. The summed E-state index contributed by atoms with van der Waals surface area (Å²) < 4.78 is 10.7. The topological polar surface area (TPSA) is 67.6 Å². The summed E-state index contributed by atoms with van der Waals surface area (Å²) in [6.07, 6.45) is 14.2. The monoisotopic (exact) mass is 429 g/mol. The number of nitrogens with zero attached hydrogens (tertiary/aromatic N) is 2. The minimum Gasteiger partial charge on any atom is -0.473 e. The Morgan fingerprint density at radius 3 is 2.87 bits per heavy atom. The van der Waals surface area contributed by atoms with E-state index in [1.54, 1.807) is 24.3 Å². The van der Waals surface area contributed by atoms with Crippen LogP contribution in [-0.4, -0.2) is 47.8 Å². The highest BCUT2D eigenvalue weighted by Gasteiger charge is 2.10. The number of furan rings is 1. The number of carbonyl (C=O) groups excluding carboxylic acids is 1. The molecule has 1 amide bonds. The van der Waals surface area contributed by atoms with Crippen molar-refractivity contribution in [3.8, 4) is 5.88 Å². The predicted octanol–water partition coefficient (Wildman–Crippen LogP) is 4.04. The quantitative estimate of drug-likeness (QED) is 0.544. The highest BCUT2D eigenvalue weighted by Crippen LogP contribution is 2.16. The van der Waals surface area contributed by atoms with E-state index in [1.165, 1.54) is 44.3 Å². The Kier molecular flexibility index (Phi) is 9.82. The van der Waals surface area contributed by atoms with E-state index in [4.69, 9.17) is 9.15 Å². The van der Waals surface area contributed by atoms with Gasteiger partial charge in [0.1, 0.15) is 6.61 Å². The van der Waals surface area contributed by atoms with E-state index in [-0.39, 0.29) is 5.91 Å². The van der Waals surface area contributed by atoms with Crippen molar-refractivity contribution in [2.75, 3.05) is 32.0 Å². The van der Waals surface area contributed by atoms with E-state index in [2.05, 4.69) is 21.3 Å². The minimum atomic E-state index is 0.0249. The van der Waals surface area contributed by atoms with Gasteiger partial charge in [0.2, 0.25) is 11.8 Å². The molecule has 3 heterocycles. The number of thioether (sulfide) groups is 1. The molecule has 162 valence electrons. The van der Waals surface area contributed by atoms with Crippen LogP contribution in [0, 0.1) is 0 Å². The first-order valence-electron chi connectivity index (χ1n) is 10.6. The Bertz CT molecular complexity index is 772. The number of amides is 1. The van der Waals surface area contributed by atoms with Crippen LogP contribution in [0.4, 0.5) is 0 Å². The number of ether oxygens (including phenoxy) is 1. The fraction of sp³-hybridized carbons (Fsp3) is 0.478. The summed E-state index contributed by atoms with van der Waals surface area (Å²) in [5.41, 5.74) is 2.33. The highest BCUT2D eigenvalue weighted by atomic mass is 32.2. The van der Waals surface area contributed by atoms with Gasteiger partial charge in [-0.3, -0.25) is 9.69 Å². The fourth-order valence-corrected chi connectivity index (χ4v) is 4.11. The molecule has 3 rings (SSSR count). The number of hydrogen-bond acceptors (Lipinski definition) is 6. The van der Waals surface area contributed by atoms with Crippen molar-refractivity contribution in [2.24, 2.45) is 0 Å². The zero-order valence-corrected chi connectivity index (χ0v) is 18.2. The van der Waals surface area contributed by atoms with Crippen molar-refractivity contribution < 1.29 is 13.9 Å². The molecule has 1 aliphatic heterocycles. The van der Waals surface area contributed by atoms with Crippen LogP contribution in [0.5, 0.6) is 5.88 Å². The number of likely N-dealkylation sites (tertiary alicyclic amines) is 1. The molecule has 0 bridgehead atoms. The van der Waals surface area contributed by atoms with Crippen LogP contribution in [0.1, 0.15) is 36.8 Å². The summed E-state index contributed by atoms with van der Waals surface area (Å²) in [6, 6.07) is 6.00. The van der Waals surface area contributed by atoms with Crippen molar-refractivity contribution in [2.45, 2.75) is 38.0 Å². The molecule has 1 aliphatic rings. The van der Waals surface area contributed by atoms with Gasteiger partial charge in [0, 0.05) is 36.7 Å². The molecule has 6 nitrogen and oxygen atoms in total. The second-order valence-corrected chi connectivity index (χ2v) is 8.39. The van der Waals surface area contributed by atoms with Gasteiger partial charge in [-0.05, 0) is 49.7 Å². The van der Waals surface area contributed by atoms with Crippen LogP contribution >= 0.6 is 11.8 Å². The average molecular weight is 430 g/mol. The second-order valence-electron chi connectivity index (χ2n) is 7.40. The first-order valence-corrected chi connectivity index (χ1v) is 11.8. The Hall–Kier alpha value is -2.25. The van der Waals surface area contributed by atoms with Gasteiger partial charge in [-0.2, -0.15) is 0 Å². The summed E-state index contributed by atoms with van der Waals surface area (Å²) in [5, 5.41) is 2.87. The van der Waals surface area contributed by atoms with Crippen LogP contribution in [0.3, 0.4) is 0 Å². The van der Waals surface area contributed by atoms with Crippen molar-refractivity contribution >= 4 is 17.7 Å². The number of pyridine rings is 1. The van der Waals surface area contributed by atoms with E-state index < -0.39 is 0 Å². The zero-order chi connectivity index (χ0) is 20.9. The molecule has 30 heavy (non-hydrogen) atoms. The van der Waals surface area contributed by atoms with Crippen LogP contribution in [0.2, 0.25) is 0 Å². The summed E-state index contributed by atoms with van der Waals surface area (Å²) in [4.78, 5) is 18.6. The lowest BCUT2D eigenvalue weighted by Crippen LogP contribution is -2.25.